The molecule has 0 aliphatic heterocycles. The molecular formula is C19H18N2S. The van der Waals surface area contributed by atoms with Gasteiger partial charge in [0.25, 0.3) is 0 Å². The summed E-state index contributed by atoms with van der Waals surface area (Å²) in [6.07, 6.45) is 1.81. The predicted octanol–water partition coefficient (Wildman–Crippen LogP) is 5.29. The van der Waals surface area contributed by atoms with Crippen LogP contribution >= 0.6 is 11.8 Å². The minimum Gasteiger partial charge on any atom is -0.354 e. The molecule has 0 aliphatic rings. The Morgan fingerprint density at radius 1 is 0.864 bits per heavy atom. The van der Waals surface area contributed by atoms with Gasteiger partial charge in [0.15, 0.2) is 0 Å². The van der Waals surface area contributed by atoms with Gasteiger partial charge in [0.2, 0.25) is 0 Å². The molecule has 0 saturated carbocycles. The fourth-order valence-electron chi connectivity index (χ4n) is 2.14. The molecule has 1 aromatic heterocycles. The maximum absolute atomic E-state index is 4.38. The maximum atomic E-state index is 4.38. The number of benzene rings is 2. The summed E-state index contributed by atoms with van der Waals surface area (Å²) in [5.41, 5.74) is 2.51. The van der Waals surface area contributed by atoms with Gasteiger partial charge in [-0.3, -0.25) is 0 Å². The van der Waals surface area contributed by atoms with E-state index in [9.17, 15) is 0 Å². The fraction of sp³-hybridized carbons (Fsp3) is 0.105. The van der Waals surface area contributed by atoms with E-state index in [1.165, 1.54) is 16.0 Å². The molecule has 3 rings (SSSR count). The Labute approximate surface area is 135 Å². The number of aryl methyl sites for hydroxylation is 1. The zero-order chi connectivity index (χ0) is 15.2. The second-order valence-corrected chi connectivity index (χ2v) is 6.26. The van der Waals surface area contributed by atoms with E-state index in [-0.39, 0.29) is 5.37 Å². The van der Waals surface area contributed by atoms with Crippen LogP contribution in [0.2, 0.25) is 0 Å². The van der Waals surface area contributed by atoms with Crippen LogP contribution in [0.4, 0.5) is 5.82 Å². The number of thioether (sulfide) groups is 1. The number of pyridine rings is 1. The highest BCUT2D eigenvalue weighted by Gasteiger charge is 2.13. The van der Waals surface area contributed by atoms with Crippen LogP contribution < -0.4 is 5.32 Å². The first kappa shape index (κ1) is 14.7. The average Bonchev–Trinajstić information content (AvgIpc) is 2.58. The lowest BCUT2D eigenvalue weighted by atomic mass is 10.2. The molecule has 0 saturated heterocycles. The molecule has 0 bridgehead atoms. The van der Waals surface area contributed by atoms with Crippen LogP contribution in [0, 0.1) is 6.92 Å². The second-order valence-electron chi connectivity index (χ2n) is 5.08. The summed E-state index contributed by atoms with van der Waals surface area (Å²) >= 11 is 1.79. The smallest absolute Gasteiger partial charge is 0.127 e. The monoisotopic (exact) mass is 306 g/mol. The summed E-state index contributed by atoms with van der Waals surface area (Å²) in [4.78, 5) is 5.61. The first-order valence-corrected chi connectivity index (χ1v) is 8.15. The lowest BCUT2D eigenvalue weighted by Gasteiger charge is -2.19. The van der Waals surface area contributed by atoms with E-state index in [1.807, 2.05) is 24.3 Å². The van der Waals surface area contributed by atoms with Gasteiger partial charge >= 0.3 is 0 Å². The van der Waals surface area contributed by atoms with Crippen molar-refractivity contribution in [2.45, 2.75) is 17.2 Å². The van der Waals surface area contributed by atoms with Crippen molar-refractivity contribution in [3.8, 4) is 0 Å². The number of anilines is 1. The molecule has 0 spiro atoms. The molecule has 0 fully saturated rings. The molecule has 3 aromatic rings. The van der Waals surface area contributed by atoms with E-state index in [0.717, 1.165) is 5.82 Å². The van der Waals surface area contributed by atoms with Crippen molar-refractivity contribution in [3.05, 3.63) is 90.1 Å². The molecule has 1 unspecified atom stereocenters. The van der Waals surface area contributed by atoms with E-state index < -0.39 is 0 Å². The normalized spacial score (nSPS) is 11.9. The molecule has 3 heteroatoms. The third-order valence-electron chi connectivity index (χ3n) is 3.32. The van der Waals surface area contributed by atoms with Gasteiger partial charge in [-0.1, -0.05) is 65.9 Å². The Balaban J connectivity index is 1.84. The number of nitrogens with one attached hydrogen (secondary N) is 1. The van der Waals surface area contributed by atoms with E-state index in [0.29, 0.717) is 0 Å². The van der Waals surface area contributed by atoms with Crippen LogP contribution in [0.5, 0.6) is 0 Å². The van der Waals surface area contributed by atoms with Crippen LogP contribution in [0.1, 0.15) is 16.5 Å². The third kappa shape index (κ3) is 3.89. The molecule has 2 aromatic carbocycles. The highest BCUT2D eigenvalue weighted by molar-refractivity contribution is 7.99. The molecule has 0 amide bonds. The Morgan fingerprint density at radius 2 is 1.59 bits per heavy atom. The SMILES string of the molecule is Cc1ccc(SC(Nc2ccccn2)c2ccccc2)cc1. The molecule has 1 atom stereocenters. The quantitative estimate of drug-likeness (QED) is 0.512. The van der Waals surface area contributed by atoms with Crippen molar-refractivity contribution in [3.63, 3.8) is 0 Å². The van der Waals surface area contributed by atoms with Gasteiger partial charge in [-0.15, -0.1) is 0 Å². The number of rotatable bonds is 5. The second kappa shape index (κ2) is 7.14. The zero-order valence-corrected chi connectivity index (χ0v) is 13.3. The maximum Gasteiger partial charge on any atom is 0.127 e. The summed E-state index contributed by atoms with van der Waals surface area (Å²) in [6, 6.07) is 25.0. The van der Waals surface area contributed by atoms with Crippen molar-refractivity contribution < 1.29 is 0 Å². The molecule has 22 heavy (non-hydrogen) atoms. The molecule has 0 aliphatic carbocycles. The highest BCUT2D eigenvalue weighted by atomic mass is 32.2. The van der Waals surface area contributed by atoms with E-state index in [4.69, 9.17) is 0 Å². The van der Waals surface area contributed by atoms with Gasteiger partial charge in [0, 0.05) is 11.1 Å². The van der Waals surface area contributed by atoms with Crippen molar-refractivity contribution in [1.82, 2.24) is 4.98 Å². The number of hydrogen-bond donors (Lipinski definition) is 1. The van der Waals surface area contributed by atoms with Crippen molar-refractivity contribution in [2.75, 3.05) is 5.32 Å². The van der Waals surface area contributed by atoms with Gasteiger partial charge in [-0.2, -0.15) is 0 Å². The minimum absolute atomic E-state index is 0.124. The van der Waals surface area contributed by atoms with E-state index in [1.54, 1.807) is 18.0 Å². The zero-order valence-electron chi connectivity index (χ0n) is 12.4. The van der Waals surface area contributed by atoms with Gasteiger partial charge in [0.05, 0.1) is 0 Å². The summed E-state index contributed by atoms with van der Waals surface area (Å²) in [5.74, 6) is 0.885. The summed E-state index contributed by atoms with van der Waals surface area (Å²) in [7, 11) is 0. The van der Waals surface area contributed by atoms with Crippen molar-refractivity contribution in [1.29, 1.82) is 0 Å². The first-order chi connectivity index (χ1) is 10.8. The van der Waals surface area contributed by atoms with Gasteiger partial charge < -0.3 is 5.32 Å². The highest BCUT2D eigenvalue weighted by Crippen LogP contribution is 2.35. The van der Waals surface area contributed by atoms with E-state index >= 15 is 0 Å². The summed E-state index contributed by atoms with van der Waals surface area (Å²) < 4.78 is 0. The molecular weight excluding hydrogens is 288 g/mol. The molecule has 1 heterocycles. The number of aromatic nitrogens is 1. The van der Waals surface area contributed by atoms with Crippen LogP contribution in [-0.4, -0.2) is 4.98 Å². The lowest BCUT2D eigenvalue weighted by Crippen LogP contribution is -2.08. The largest absolute Gasteiger partial charge is 0.354 e. The standard InChI is InChI=1S/C19H18N2S/c1-15-10-12-17(13-11-15)22-19(16-7-3-2-4-8-16)21-18-9-5-6-14-20-18/h2-14,19H,1H3,(H,20,21). The molecule has 1 N–H and O–H groups in total. The Bertz CT molecular complexity index is 697. The minimum atomic E-state index is 0.124. The molecule has 2 nitrogen and oxygen atoms in total. The Hall–Kier alpha value is -2.26. The topological polar surface area (TPSA) is 24.9 Å². The van der Waals surface area contributed by atoms with Crippen LogP contribution in [0.3, 0.4) is 0 Å². The van der Waals surface area contributed by atoms with E-state index in [2.05, 4.69) is 65.8 Å². The van der Waals surface area contributed by atoms with Gasteiger partial charge in [-0.05, 0) is 36.8 Å². The molecule has 0 radical (unpaired) electrons. The average molecular weight is 306 g/mol. The third-order valence-corrected chi connectivity index (χ3v) is 4.49. The number of hydrogen-bond acceptors (Lipinski definition) is 3. The van der Waals surface area contributed by atoms with Crippen LogP contribution in [0.15, 0.2) is 83.9 Å². The van der Waals surface area contributed by atoms with Gasteiger partial charge in [-0.25, -0.2) is 4.98 Å². The van der Waals surface area contributed by atoms with Gasteiger partial charge in [0.1, 0.15) is 11.2 Å². The fourth-order valence-corrected chi connectivity index (χ4v) is 3.18. The van der Waals surface area contributed by atoms with Crippen LogP contribution in [0.25, 0.3) is 0 Å². The first-order valence-electron chi connectivity index (χ1n) is 7.27. The Kier molecular flexibility index (Phi) is 4.76. The predicted molar refractivity (Wildman–Crippen MR) is 94.1 cm³/mol. The molecule has 110 valence electrons. The lowest BCUT2D eigenvalue weighted by molar-refractivity contribution is 1.08. The summed E-state index contributed by atoms with van der Waals surface area (Å²) in [5, 5.41) is 3.63. The number of nitrogens with zero attached hydrogens (tertiary/aromatic N) is 1. The van der Waals surface area contributed by atoms with Crippen LogP contribution in [-0.2, 0) is 0 Å². The van der Waals surface area contributed by atoms with Crippen molar-refractivity contribution in [2.24, 2.45) is 0 Å². The Morgan fingerprint density at radius 3 is 2.27 bits per heavy atom. The summed E-state index contributed by atoms with van der Waals surface area (Å²) in [6.45, 7) is 2.11. The van der Waals surface area contributed by atoms with Crippen molar-refractivity contribution >= 4 is 17.6 Å².